The average molecular weight is 473 g/mol. The van der Waals surface area contributed by atoms with Gasteiger partial charge in [0.15, 0.2) is 0 Å². The summed E-state index contributed by atoms with van der Waals surface area (Å²) in [6.45, 7) is 25.2. The lowest BCUT2D eigenvalue weighted by molar-refractivity contribution is -0.134. The van der Waals surface area contributed by atoms with Crippen LogP contribution in [-0.4, -0.2) is 39.2 Å². The highest BCUT2D eigenvalue weighted by Crippen LogP contribution is 2.39. The summed E-state index contributed by atoms with van der Waals surface area (Å²) in [7, 11) is -7.59. The Morgan fingerprint density at radius 2 is 1.00 bits per heavy atom. The normalized spacial score (nSPS) is 13.1. The number of hydrogen-bond acceptors (Lipinski definition) is 5. The van der Waals surface area contributed by atoms with E-state index in [9.17, 15) is 4.79 Å². The second kappa shape index (κ2) is 8.99. The molecule has 29 heavy (non-hydrogen) atoms. The second-order valence-electron chi connectivity index (χ2n) is 11.3. The van der Waals surface area contributed by atoms with Crippen LogP contribution in [0, 0.1) is 0 Å². The van der Waals surface area contributed by atoms with Crippen LogP contribution in [0.2, 0.25) is 78.6 Å². The van der Waals surface area contributed by atoms with Crippen molar-refractivity contribution >= 4 is 39.2 Å². The van der Waals surface area contributed by atoms with Crippen molar-refractivity contribution in [1.82, 2.24) is 0 Å². The number of carbonyl (C=O) groups is 1. The first kappa shape index (κ1) is 26.0. The van der Waals surface area contributed by atoms with Crippen LogP contribution in [0.5, 0.6) is 17.2 Å². The highest BCUT2D eigenvalue weighted by Gasteiger charge is 2.28. The molecule has 1 aromatic carbocycles. The Labute approximate surface area is 181 Å². The Balaban J connectivity index is 3.48. The van der Waals surface area contributed by atoms with Gasteiger partial charge in [0.25, 0.3) is 5.97 Å². The molecular formula is C20H40O5Si4. The molecule has 0 aromatic heterocycles. The quantitative estimate of drug-likeness (QED) is 0.398. The molecule has 166 valence electrons. The van der Waals surface area contributed by atoms with Crippen LogP contribution in [0.4, 0.5) is 0 Å². The maximum atomic E-state index is 12.6. The topological polar surface area (TPSA) is 54.0 Å². The molecule has 0 bridgehead atoms. The van der Waals surface area contributed by atoms with Crippen molar-refractivity contribution in [2.24, 2.45) is 0 Å². The van der Waals surface area contributed by atoms with Gasteiger partial charge in [0, 0.05) is 11.6 Å². The number of benzene rings is 1. The van der Waals surface area contributed by atoms with Crippen molar-refractivity contribution in [2.75, 3.05) is 0 Å². The highest BCUT2D eigenvalue weighted by atomic mass is 28.4. The zero-order chi connectivity index (χ0) is 22.8. The third-order valence-electron chi connectivity index (χ3n) is 3.13. The van der Waals surface area contributed by atoms with Crippen LogP contribution in [0.25, 0.3) is 0 Å². The van der Waals surface area contributed by atoms with E-state index < -0.39 is 33.3 Å². The molecule has 1 aromatic rings. The van der Waals surface area contributed by atoms with Crippen molar-refractivity contribution in [2.45, 2.75) is 85.0 Å². The first-order chi connectivity index (χ1) is 12.7. The smallest absolute Gasteiger partial charge is 0.297 e. The van der Waals surface area contributed by atoms with E-state index >= 15 is 0 Å². The summed E-state index contributed by atoms with van der Waals surface area (Å²) >= 11 is 0. The molecule has 0 fully saturated rings. The van der Waals surface area contributed by atoms with Gasteiger partial charge in [-0.25, -0.2) is 0 Å². The van der Waals surface area contributed by atoms with Gasteiger partial charge in [0.2, 0.25) is 33.3 Å². The standard InChI is InChI=1S/C20H40O5Si4/c1-26(2,3)22-17-15-19(24-28(7,8)9)18(23-27(4,5)6)13-16(17)14-20(21)25-29(10,11)12/h13,15H,14H2,1-12H3. The van der Waals surface area contributed by atoms with Gasteiger partial charge in [-0.05, 0) is 84.6 Å². The Kier molecular flexibility index (Phi) is 8.05. The maximum Gasteiger partial charge on any atom is 0.297 e. The van der Waals surface area contributed by atoms with E-state index in [0.29, 0.717) is 17.2 Å². The molecule has 0 aliphatic heterocycles. The molecule has 0 N–H and O–H groups in total. The molecule has 0 saturated heterocycles. The van der Waals surface area contributed by atoms with Gasteiger partial charge in [-0.2, -0.15) is 0 Å². The summed E-state index contributed by atoms with van der Waals surface area (Å²) in [6, 6.07) is 3.85. The summed E-state index contributed by atoms with van der Waals surface area (Å²) in [5.41, 5.74) is 0.798. The molecule has 0 aliphatic carbocycles. The van der Waals surface area contributed by atoms with Crippen LogP contribution in [0.1, 0.15) is 5.56 Å². The predicted molar refractivity (Wildman–Crippen MR) is 132 cm³/mol. The molecule has 1 rings (SSSR count). The molecular weight excluding hydrogens is 433 g/mol. The Morgan fingerprint density at radius 1 is 0.621 bits per heavy atom. The lowest BCUT2D eigenvalue weighted by atomic mass is 10.1. The van der Waals surface area contributed by atoms with E-state index in [1.807, 2.05) is 31.8 Å². The lowest BCUT2D eigenvalue weighted by Crippen LogP contribution is -2.34. The van der Waals surface area contributed by atoms with Gasteiger partial charge in [-0.3, -0.25) is 4.79 Å². The van der Waals surface area contributed by atoms with Gasteiger partial charge in [-0.15, -0.1) is 0 Å². The van der Waals surface area contributed by atoms with Crippen molar-refractivity contribution < 1.29 is 22.5 Å². The highest BCUT2D eigenvalue weighted by molar-refractivity contribution is 6.72. The molecule has 0 aliphatic rings. The molecule has 0 saturated carbocycles. The third-order valence-corrected chi connectivity index (χ3v) is 6.47. The van der Waals surface area contributed by atoms with Crippen LogP contribution < -0.4 is 13.3 Å². The Morgan fingerprint density at radius 3 is 1.38 bits per heavy atom. The van der Waals surface area contributed by atoms with Crippen molar-refractivity contribution in [1.29, 1.82) is 0 Å². The minimum atomic E-state index is -1.96. The summed E-state index contributed by atoms with van der Waals surface area (Å²) in [6.07, 6.45) is 0.166. The fourth-order valence-electron chi connectivity index (χ4n) is 2.50. The largest absolute Gasteiger partial charge is 0.544 e. The fraction of sp³-hybridized carbons (Fsp3) is 0.650. The SMILES string of the molecule is C[Si](C)(C)OC(=O)Cc1cc(O[Si](C)(C)C)c(O[Si](C)(C)C)cc1O[Si](C)(C)C. The molecule has 0 unspecified atom stereocenters. The zero-order valence-electron chi connectivity index (χ0n) is 20.4. The first-order valence-electron chi connectivity index (χ1n) is 10.2. The van der Waals surface area contributed by atoms with E-state index in [0.717, 1.165) is 5.56 Å². The van der Waals surface area contributed by atoms with Crippen LogP contribution >= 0.6 is 0 Å². The summed E-state index contributed by atoms with van der Waals surface area (Å²) in [4.78, 5) is 12.6. The van der Waals surface area contributed by atoms with Crippen LogP contribution in [0.3, 0.4) is 0 Å². The number of rotatable bonds is 9. The van der Waals surface area contributed by atoms with Crippen molar-refractivity contribution in [3.63, 3.8) is 0 Å². The summed E-state index contributed by atoms with van der Waals surface area (Å²) < 4.78 is 24.7. The summed E-state index contributed by atoms with van der Waals surface area (Å²) in [5, 5.41) is 0. The maximum absolute atomic E-state index is 12.6. The van der Waals surface area contributed by atoms with Crippen molar-refractivity contribution in [3.8, 4) is 17.2 Å². The van der Waals surface area contributed by atoms with Gasteiger partial charge in [0.05, 0.1) is 6.42 Å². The minimum absolute atomic E-state index is 0.166. The van der Waals surface area contributed by atoms with Gasteiger partial charge >= 0.3 is 0 Å². The predicted octanol–water partition coefficient (Wildman–Crippen LogP) is 6.25. The molecule has 0 heterocycles. The van der Waals surface area contributed by atoms with Gasteiger partial charge in [-0.1, -0.05) is 0 Å². The van der Waals surface area contributed by atoms with E-state index in [1.54, 1.807) is 0 Å². The van der Waals surface area contributed by atoms with Crippen molar-refractivity contribution in [3.05, 3.63) is 17.7 Å². The number of carbonyl (C=O) groups excluding carboxylic acids is 1. The van der Waals surface area contributed by atoms with E-state index in [1.165, 1.54) is 0 Å². The Bertz CT molecular complexity index is 723. The zero-order valence-corrected chi connectivity index (χ0v) is 24.4. The average Bonchev–Trinajstić information content (AvgIpc) is 2.36. The van der Waals surface area contributed by atoms with Gasteiger partial charge in [0.1, 0.15) is 17.2 Å². The lowest BCUT2D eigenvalue weighted by Gasteiger charge is -2.29. The van der Waals surface area contributed by atoms with Gasteiger partial charge < -0.3 is 17.7 Å². The van der Waals surface area contributed by atoms with E-state index in [2.05, 4.69) is 58.9 Å². The third kappa shape index (κ3) is 11.1. The molecule has 5 nitrogen and oxygen atoms in total. The molecule has 0 atom stereocenters. The van der Waals surface area contributed by atoms with Crippen LogP contribution in [0.15, 0.2) is 12.1 Å². The second-order valence-corrected chi connectivity index (χ2v) is 29.0. The first-order valence-corrected chi connectivity index (χ1v) is 23.8. The molecule has 0 radical (unpaired) electrons. The van der Waals surface area contributed by atoms with E-state index in [4.69, 9.17) is 17.7 Å². The molecule has 0 spiro atoms. The monoisotopic (exact) mass is 472 g/mol. The minimum Gasteiger partial charge on any atom is -0.544 e. The fourth-order valence-corrected chi connectivity index (χ4v) is 5.74. The molecule has 9 heteroatoms. The Hall–Kier alpha value is -1.04. The van der Waals surface area contributed by atoms with Crippen LogP contribution in [-0.2, 0) is 15.6 Å². The molecule has 0 amide bonds. The van der Waals surface area contributed by atoms with E-state index in [-0.39, 0.29) is 12.4 Å². The number of hydrogen-bond donors (Lipinski definition) is 0. The summed E-state index contributed by atoms with van der Waals surface area (Å²) in [5.74, 6) is 1.89.